The summed E-state index contributed by atoms with van der Waals surface area (Å²) in [5, 5.41) is 4.53. The fraction of sp³-hybridized carbons (Fsp3) is 0.455. The van der Waals surface area contributed by atoms with Gasteiger partial charge in [-0.25, -0.2) is 0 Å². The summed E-state index contributed by atoms with van der Waals surface area (Å²) in [6, 6.07) is 10.4. The standard InChI is InChI=1S/C11H14N2O/c1-2-11(8-13(9-11)12-14)10-6-4-3-5-7-10/h3-7H,2,8-9H2,1H3. The topological polar surface area (TPSA) is 32.7 Å². The number of hydrogen-bond acceptors (Lipinski definition) is 2. The molecule has 74 valence electrons. The van der Waals surface area contributed by atoms with Crippen molar-refractivity contribution in [2.24, 2.45) is 5.29 Å². The van der Waals surface area contributed by atoms with Crippen LogP contribution in [0.25, 0.3) is 0 Å². The largest absolute Gasteiger partial charge is 0.259 e. The van der Waals surface area contributed by atoms with E-state index in [1.807, 2.05) is 18.2 Å². The van der Waals surface area contributed by atoms with Crippen molar-refractivity contribution in [1.29, 1.82) is 0 Å². The van der Waals surface area contributed by atoms with Gasteiger partial charge in [0.1, 0.15) is 0 Å². The Labute approximate surface area is 83.7 Å². The first-order chi connectivity index (χ1) is 6.80. The molecular weight excluding hydrogens is 176 g/mol. The lowest BCUT2D eigenvalue weighted by atomic mass is 9.73. The van der Waals surface area contributed by atoms with Gasteiger partial charge in [-0.1, -0.05) is 37.3 Å². The molecule has 0 N–H and O–H groups in total. The Kier molecular flexibility index (Phi) is 2.23. The molecule has 1 saturated heterocycles. The molecule has 1 aliphatic rings. The van der Waals surface area contributed by atoms with Gasteiger partial charge in [-0.05, 0) is 12.0 Å². The third kappa shape index (κ3) is 1.29. The van der Waals surface area contributed by atoms with Crippen LogP contribution in [0.3, 0.4) is 0 Å². The van der Waals surface area contributed by atoms with Gasteiger partial charge >= 0.3 is 0 Å². The summed E-state index contributed by atoms with van der Waals surface area (Å²) in [5.74, 6) is 0. The second kappa shape index (κ2) is 3.40. The molecule has 1 aromatic rings. The number of benzene rings is 1. The molecule has 14 heavy (non-hydrogen) atoms. The lowest BCUT2D eigenvalue weighted by molar-refractivity contribution is 0.0629. The van der Waals surface area contributed by atoms with E-state index in [0.29, 0.717) is 0 Å². The van der Waals surface area contributed by atoms with E-state index in [0.717, 1.165) is 19.5 Å². The van der Waals surface area contributed by atoms with Crippen molar-refractivity contribution < 1.29 is 0 Å². The van der Waals surface area contributed by atoms with E-state index < -0.39 is 0 Å². The van der Waals surface area contributed by atoms with Crippen LogP contribution < -0.4 is 0 Å². The molecule has 1 heterocycles. The zero-order chi connectivity index (χ0) is 10.0. The smallest absolute Gasteiger partial charge is 0.0524 e. The van der Waals surface area contributed by atoms with Crippen LogP contribution in [0.4, 0.5) is 0 Å². The molecule has 0 atom stereocenters. The van der Waals surface area contributed by atoms with E-state index in [1.54, 1.807) is 5.01 Å². The van der Waals surface area contributed by atoms with Crippen molar-refractivity contribution in [2.75, 3.05) is 13.1 Å². The maximum atomic E-state index is 10.3. The summed E-state index contributed by atoms with van der Waals surface area (Å²) in [4.78, 5) is 10.3. The van der Waals surface area contributed by atoms with Gasteiger partial charge in [-0.2, -0.15) is 0 Å². The molecule has 0 aliphatic carbocycles. The van der Waals surface area contributed by atoms with Gasteiger partial charge < -0.3 is 0 Å². The minimum Gasteiger partial charge on any atom is -0.259 e. The van der Waals surface area contributed by atoms with Crippen molar-refractivity contribution in [3.05, 3.63) is 40.8 Å². The van der Waals surface area contributed by atoms with Crippen LogP contribution >= 0.6 is 0 Å². The molecule has 3 nitrogen and oxygen atoms in total. The lowest BCUT2D eigenvalue weighted by Gasteiger charge is -2.46. The monoisotopic (exact) mass is 190 g/mol. The summed E-state index contributed by atoms with van der Waals surface area (Å²) >= 11 is 0. The van der Waals surface area contributed by atoms with Gasteiger partial charge in [0, 0.05) is 5.41 Å². The predicted molar refractivity (Wildman–Crippen MR) is 55.8 cm³/mol. The van der Waals surface area contributed by atoms with Crippen molar-refractivity contribution in [3.63, 3.8) is 0 Å². The Balaban J connectivity index is 2.20. The fourth-order valence-corrected chi connectivity index (χ4v) is 2.11. The van der Waals surface area contributed by atoms with Gasteiger partial charge in [0.2, 0.25) is 0 Å². The highest BCUT2D eigenvalue weighted by Crippen LogP contribution is 2.37. The quantitative estimate of drug-likeness (QED) is 0.685. The van der Waals surface area contributed by atoms with Crippen LogP contribution in [0.15, 0.2) is 35.6 Å². The molecule has 0 bridgehead atoms. The molecule has 0 amide bonds. The van der Waals surface area contributed by atoms with Gasteiger partial charge in [0.15, 0.2) is 0 Å². The van der Waals surface area contributed by atoms with Crippen LogP contribution in [0, 0.1) is 4.91 Å². The first-order valence-electron chi connectivity index (χ1n) is 4.94. The Hall–Kier alpha value is -1.38. The molecule has 2 rings (SSSR count). The second-order valence-electron chi connectivity index (χ2n) is 3.90. The molecule has 1 aliphatic heterocycles. The van der Waals surface area contributed by atoms with E-state index >= 15 is 0 Å². The molecule has 0 unspecified atom stereocenters. The molecule has 1 fully saturated rings. The second-order valence-corrected chi connectivity index (χ2v) is 3.90. The maximum absolute atomic E-state index is 10.3. The molecular formula is C11H14N2O. The Bertz CT molecular complexity index is 317. The van der Waals surface area contributed by atoms with E-state index in [4.69, 9.17) is 0 Å². The Morgan fingerprint density at radius 2 is 2.00 bits per heavy atom. The zero-order valence-electron chi connectivity index (χ0n) is 8.31. The SMILES string of the molecule is CCC1(c2ccccc2)CN(N=O)C1. The predicted octanol–water partition coefficient (Wildman–Crippen LogP) is 2.33. The number of nitrogens with zero attached hydrogens (tertiary/aromatic N) is 2. The normalized spacial score (nSPS) is 18.8. The van der Waals surface area contributed by atoms with Crippen LogP contribution in [0.2, 0.25) is 0 Å². The minimum atomic E-state index is 0.162. The Morgan fingerprint density at radius 1 is 1.36 bits per heavy atom. The first kappa shape index (κ1) is 9.19. The highest BCUT2D eigenvalue weighted by molar-refractivity contribution is 5.29. The minimum absolute atomic E-state index is 0.162. The highest BCUT2D eigenvalue weighted by atomic mass is 16.3. The number of hydrogen-bond donors (Lipinski definition) is 0. The maximum Gasteiger partial charge on any atom is 0.0524 e. The third-order valence-corrected chi connectivity index (χ3v) is 3.15. The van der Waals surface area contributed by atoms with E-state index in [1.165, 1.54) is 5.56 Å². The summed E-state index contributed by atoms with van der Waals surface area (Å²) < 4.78 is 0. The Morgan fingerprint density at radius 3 is 2.50 bits per heavy atom. The summed E-state index contributed by atoms with van der Waals surface area (Å²) in [6.07, 6.45) is 1.06. The van der Waals surface area contributed by atoms with E-state index in [2.05, 4.69) is 24.3 Å². The lowest BCUT2D eigenvalue weighted by Crippen LogP contribution is -2.56. The van der Waals surface area contributed by atoms with Crippen molar-refractivity contribution in [3.8, 4) is 0 Å². The fourth-order valence-electron chi connectivity index (χ4n) is 2.11. The van der Waals surface area contributed by atoms with Crippen LogP contribution in [-0.4, -0.2) is 18.1 Å². The molecule has 0 radical (unpaired) electrons. The molecule has 0 aromatic heterocycles. The summed E-state index contributed by atoms with van der Waals surface area (Å²) in [7, 11) is 0. The highest BCUT2D eigenvalue weighted by Gasteiger charge is 2.43. The van der Waals surface area contributed by atoms with Crippen molar-refractivity contribution in [2.45, 2.75) is 18.8 Å². The van der Waals surface area contributed by atoms with Crippen LogP contribution in [0.1, 0.15) is 18.9 Å². The van der Waals surface area contributed by atoms with Crippen molar-refractivity contribution >= 4 is 0 Å². The van der Waals surface area contributed by atoms with Gasteiger partial charge in [0.25, 0.3) is 0 Å². The average Bonchev–Trinajstić information content (AvgIpc) is 2.19. The van der Waals surface area contributed by atoms with Gasteiger partial charge in [-0.15, -0.1) is 4.91 Å². The summed E-state index contributed by atoms with van der Waals surface area (Å²) in [5.41, 5.74) is 1.48. The average molecular weight is 190 g/mol. The van der Waals surface area contributed by atoms with Gasteiger partial charge in [0.05, 0.1) is 18.4 Å². The number of nitroso groups, excluding NO2 is 1. The number of rotatable bonds is 3. The third-order valence-electron chi connectivity index (χ3n) is 3.15. The molecule has 0 saturated carbocycles. The van der Waals surface area contributed by atoms with E-state index in [9.17, 15) is 4.91 Å². The molecule has 3 heteroatoms. The zero-order valence-corrected chi connectivity index (χ0v) is 8.31. The molecule has 0 spiro atoms. The van der Waals surface area contributed by atoms with E-state index in [-0.39, 0.29) is 5.41 Å². The molecule has 1 aromatic carbocycles. The first-order valence-corrected chi connectivity index (χ1v) is 4.94. The van der Waals surface area contributed by atoms with Gasteiger partial charge in [-0.3, -0.25) is 5.01 Å². The summed E-state index contributed by atoms with van der Waals surface area (Å²) in [6.45, 7) is 3.68. The van der Waals surface area contributed by atoms with Crippen LogP contribution in [0.5, 0.6) is 0 Å². The van der Waals surface area contributed by atoms with Crippen molar-refractivity contribution in [1.82, 2.24) is 5.01 Å². The van der Waals surface area contributed by atoms with Crippen LogP contribution in [-0.2, 0) is 5.41 Å².